The Hall–Kier alpha value is -0.590. The predicted octanol–water partition coefficient (Wildman–Crippen LogP) is -2.27. The minimum atomic E-state index is -1.34. The molecule has 0 spiro atoms. The average molecular weight is 255 g/mol. The molecule has 0 bridgehead atoms. The van der Waals surface area contributed by atoms with Gasteiger partial charge in [-0.15, -0.1) is 0 Å². The molecule has 0 aromatic heterocycles. The van der Waals surface area contributed by atoms with Crippen molar-refractivity contribution in [3.8, 4) is 0 Å². The Balaban J connectivity index is -0.00000112. The molecule has 3 N–H and O–H groups in total. The van der Waals surface area contributed by atoms with Gasteiger partial charge in [-0.25, -0.2) is 4.79 Å². The number of amides is 1. The third-order valence-electron chi connectivity index (χ3n) is 2.02. The van der Waals surface area contributed by atoms with Gasteiger partial charge in [0.05, 0.1) is 6.42 Å². The number of aliphatic carboxylic acids is 2. The van der Waals surface area contributed by atoms with Gasteiger partial charge in [0, 0.05) is 6.42 Å². The molecule has 0 aliphatic carbocycles. The summed E-state index contributed by atoms with van der Waals surface area (Å²) in [6.07, 6.45) is 2.17. The summed E-state index contributed by atoms with van der Waals surface area (Å²) in [6.45, 7) is 1.99. The summed E-state index contributed by atoms with van der Waals surface area (Å²) in [5.74, 6) is -2.99. The molecule has 0 radical (unpaired) electrons. The molecule has 94 valence electrons. The smallest absolute Gasteiger partial charge is 1.00 e. The van der Waals surface area contributed by atoms with Crippen molar-refractivity contribution in [1.82, 2.24) is 5.32 Å². The molecule has 0 aliphatic rings. The summed E-state index contributed by atoms with van der Waals surface area (Å²) in [5.41, 5.74) is 0. The molecule has 0 fully saturated rings. The number of hydrogen-bond donors (Lipinski definition) is 3. The van der Waals surface area contributed by atoms with E-state index in [0.29, 0.717) is 6.42 Å². The van der Waals surface area contributed by atoms with Crippen molar-refractivity contribution < 1.29 is 55.6 Å². The maximum Gasteiger partial charge on any atom is 1.00 e. The topological polar surface area (TPSA) is 104 Å². The third kappa shape index (κ3) is 10.3. The fourth-order valence-corrected chi connectivity index (χ4v) is 1.18. The molecular formula is C10H18NNaO5. The van der Waals surface area contributed by atoms with Crippen LogP contribution in [-0.2, 0) is 14.4 Å². The second-order valence-corrected chi connectivity index (χ2v) is 3.51. The van der Waals surface area contributed by atoms with Crippen LogP contribution in [0.3, 0.4) is 0 Å². The zero-order chi connectivity index (χ0) is 12.6. The summed E-state index contributed by atoms with van der Waals surface area (Å²) >= 11 is 0. The van der Waals surface area contributed by atoms with E-state index >= 15 is 0 Å². The first-order chi connectivity index (χ1) is 7.47. The van der Waals surface area contributed by atoms with Gasteiger partial charge in [-0.3, -0.25) is 9.59 Å². The Bertz CT molecular complexity index is 275. The molecule has 0 saturated heterocycles. The fraction of sp³-hybridized carbons (Fsp3) is 0.700. The Morgan fingerprint density at radius 1 is 1.24 bits per heavy atom. The fourth-order valence-electron chi connectivity index (χ4n) is 1.18. The zero-order valence-corrected chi connectivity index (χ0v) is 12.2. The van der Waals surface area contributed by atoms with Gasteiger partial charge in [-0.2, -0.15) is 0 Å². The van der Waals surface area contributed by atoms with Crippen molar-refractivity contribution in [2.45, 2.75) is 45.1 Å². The monoisotopic (exact) mass is 255 g/mol. The van der Waals surface area contributed by atoms with Gasteiger partial charge in [0.1, 0.15) is 6.04 Å². The van der Waals surface area contributed by atoms with E-state index in [1.54, 1.807) is 0 Å². The van der Waals surface area contributed by atoms with Crippen LogP contribution in [0.4, 0.5) is 0 Å². The van der Waals surface area contributed by atoms with Crippen molar-refractivity contribution in [1.29, 1.82) is 0 Å². The Morgan fingerprint density at radius 3 is 2.24 bits per heavy atom. The van der Waals surface area contributed by atoms with Crippen molar-refractivity contribution in [2.24, 2.45) is 0 Å². The number of carboxylic acids is 2. The average Bonchev–Trinajstić information content (AvgIpc) is 2.16. The number of unbranched alkanes of at least 4 members (excludes halogenated alkanes) is 2. The van der Waals surface area contributed by atoms with Gasteiger partial charge in [0.25, 0.3) is 0 Å². The van der Waals surface area contributed by atoms with Gasteiger partial charge >= 0.3 is 41.5 Å². The van der Waals surface area contributed by atoms with Gasteiger partial charge < -0.3 is 17.0 Å². The molecule has 1 amide bonds. The first-order valence-electron chi connectivity index (χ1n) is 5.21. The molecule has 1 atom stereocenters. The summed E-state index contributed by atoms with van der Waals surface area (Å²) < 4.78 is 0. The number of hydrogen-bond acceptors (Lipinski definition) is 3. The second kappa shape index (κ2) is 10.6. The van der Waals surface area contributed by atoms with Crippen LogP contribution in [0.15, 0.2) is 0 Å². The van der Waals surface area contributed by atoms with E-state index in [1.807, 2.05) is 6.92 Å². The van der Waals surface area contributed by atoms with Crippen LogP contribution in [0.25, 0.3) is 0 Å². The standard InChI is InChI=1S/C10H17NO5.Na.H/c1-2-3-4-5-8(12)11-7(10(15)16)6-9(13)14;;/h7H,2-6H2,1H3,(H,11,12)(H,13,14)(H,15,16);;/q;+1;-1/t7-;;/m0../s1. The predicted molar refractivity (Wildman–Crippen MR) is 57.1 cm³/mol. The van der Waals surface area contributed by atoms with Gasteiger partial charge in [-0.1, -0.05) is 19.8 Å². The van der Waals surface area contributed by atoms with Crippen molar-refractivity contribution >= 4 is 17.8 Å². The molecule has 0 aliphatic heterocycles. The first kappa shape index (κ1) is 18.8. The summed E-state index contributed by atoms with van der Waals surface area (Å²) in [5, 5.41) is 19.3. The minimum Gasteiger partial charge on any atom is -1.00 e. The number of carbonyl (C=O) groups is 3. The Morgan fingerprint density at radius 2 is 1.82 bits per heavy atom. The Labute approximate surface area is 124 Å². The number of carboxylic acid groups (broad SMARTS) is 2. The maximum atomic E-state index is 11.2. The summed E-state index contributed by atoms with van der Waals surface area (Å²) in [7, 11) is 0. The van der Waals surface area contributed by atoms with Crippen molar-refractivity contribution in [2.75, 3.05) is 0 Å². The van der Waals surface area contributed by atoms with Crippen LogP contribution >= 0.6 is 0 Å². The molecule has 6 nitrogen and oxygen atoms in total. The van der Waals surface area contributed by atoms with Crippen LogP contribution in [0.5, 0.6) is 0 Å². The zero-order valence-electron chi connectivity index (χ0n) is 11.2. The van der Waals surface area contributed by atoms with E-state index in [0.717, 1.165) is 12.8 Å². The van der Waals surface area contributed by atoms with E-state index in [-0.39, 0.29) is 37.4 Å². The maximum absolute atomic E-state index is 11.2. The van der Waals surface area contributed by atoms with E-state index in [4.69, 9.17) is 10.2 Å². The van der Waals surface area contributed by atoms with Crippen LogP contribution in [0.2, 0.25) is 0 Å². The van der Waals surface area contributed by atoms with E-state index in [1.165, 1.54) is 0 Å². The molecule has 17 heavy (non-hydrogen) atoms. The van der Waals surface area contributed by atoms with Crippen LogP contribution in [0, 0.1) is 0 Å². The quantitative estimate of drug-likeness (QED) is 0.335. The van der Waals surface area contributed by atoms with Crippen LogP contribution < -0.4 is 34.9 Å². The van der Waals surface area contributed by atoms with Crippen molar-refractivity contribution in [3.05, 3.63) is 0 Å². The molecule has 0 rings (SSSR count). The normalized spacial score (nSPS) is 11.1. The second-order valence-electron chi connectivity index (χ2n) is 3.51. The molecule has 0 aromatic rings. The van der Waals surface area contributed by atoms with E-state index in [2.05, 4.69) is 5.32 Å². The van der Waals surface area contributed by atoms with Gasteiger partial charge in [0.15, 0.2) is 0 Å². The SMILES string of the molecule is CCCCCC(=O)N[C@@H](CC(=O)O)C(=O)O.[H-].[Na+]. The number of carbonyl (C=O) groups excluding carboxylic acids is 1. The molecule has 0 unspecified atom stereocenters. The van der Waals surface area contributed by atoms with E-state index < -0.39 is 30.3 Å². The first-order valence-corrected chi connectivity index (χ1v) is 5.21. The number of nitrogens with one attached hydrogen (secondary N) is 1. The van der Waals surface area contributed by atoms with Gasteiger partial charge in [-0.05, 0) is 6.42 Å². The summed E-state index contributed by atoms with van der Waals surface area (Å²) in [6, 6.07) is -1.34. The summed E-state index contributed by atoms with van der Waals surface area (Å²) in [4.78, 5) is 32.2. The minimum absolute atomic E-state index is 0. The Kier molecular flexibility index (Phi) is 11.7. The van der Waals surface area contributed by atoms with E-state index in [9.17, 15) is 14.4 Å². The molecular weight excluding hydrogens is 237 g/mol. The van der Waals surface area contributed by atoms with Crippen molar-refractivity contribution in [3.63, 3.8) is 0 Å². The molecule has 0 heterocycles. The largest absolute Gasteiger partial charge is 1.00 e. The van der Waals surface area contributed by atoms with Gasteiger partial charge in [0.2, 0.25) is 5.91 Å². The molecule has 0 aromatic carbocycles. The molecule has 7 heteroatoms. The molecule has 0 saturated carbocycles. The van der Waals surface area contributed by atoms with Crippen LogP contribution in [-0.4, -0.2) is 34.1 Å². The number of rotatable bonds is 8. The third-order valence-corrected chi connectivity index (χ3v) is 2.02. The van der Waals surface area contributed by atoms with Crippen LogP contribution in [0.1, 0.15) is 40.5 Å².